The molecule has 0 radical (unpaired) electrons. The maximum absolute atomic E-state index is 12.5. The van der Waals surface area contributed by atoms with Gasteiger partial charge in [-0.15, -0.1) is 0 Å². The molecule has 6 nitrogen and oxygen atoms in total. The summed E-state index contributed by atoms with van der Waals surface area (Å²) in [6.45, 7) is 1.84. The Morgan fingerprint density at radius 3 is 2.52 bits per heavy atom. The minimum absolute atomic E-state index is 0.0877. The molecular formula is C25H21NO5. The van der Waals surface area contributed by atoms with Gasteiger partial charge in [-0.3, -0.25) is 9.59 Å². The third-order valence-corrected chi connectivity index (χ3v) is 4.84. The molecule has 1 N–H and O–H groups in total. The van der Waals surface area contributed by atoms with Crippen LogP contribution >= 0.6 is 0 Å². The van der Waals surface area contributed by atoms with Gasteiger partial charge in [-0.25, -0.2) is 0 Å². The molecule has 0 bridgehead atoms. The average molecular weight is 415 g/mol. The summed E-state index contributed by atoms with van der Waals surface area (Å²) in [6, 6.07) is 21.1. The third kappa shape index (κ3) is 4.59. The lowest BCUT2D eigenvalue weighted by molar-refractivity contribution is -0.118. The molecule has 1 heterocycles. The monoisotopic (exact) mass is 415 g/mol. The van der Waals surface area contributed by atoms with Gasteiger partial charge in [0.05, 0.1) is 12.5 Å². The predicted molar refractivity (Wildman–Crippen MR) is 120 cm³/mol. The van der Waals surface area contributed by atoms with Gasteiger partial charge in [0.1, 0.15) is 22.8 Å². The molecule has 1 aromatic heterocycles. The average Bonchev–Trinajstić information content (AvgIpc) is 2.79. The molecule has 0 saturated heterocycles. The number of fused-ring (bicyclic) bond motifs is 1. The van der Waals surface area contributed by atoms with Gasteiger partial charge in [0.2, 0.25) is 0 Å². The van der Waals surface area contributed by atoms with Crippen LogP contribution in [0.5, 0.6) is 11.5 Å². The van der Waals surface area contributed by atoms with E-state index >= 15 is 0 Å². The molecule has 0 atom stereocenters. The molecule has 0 saturated carbocycles. The molecule has 4 rings (SSSR count). The van der Waals surface area contributed by atoms with E-state index in [0.717, 1.165) is 11.1 Å². The van der Waals surface area contributed by atoms with E-state index in [2.05, 4.69) is 5.32 Å². The van der Waals surface area contributed by atoms with Gasteiger partial charge in [-0.1, -0.05) is 18.2 Å². The minimum Gasteiger partial charge on any atom is -0.497 e. The summed E-state index contributed by atoms with van der Waals surface area (Å²) in [6.07, 6.45) is 0. The summed E-state index contributed by atoms with van der Waals surface area (Å²) in [5.74, 6) is 1.46. The summed E-state index contributed by atoms with van der Waals surface area (Å²) in [5.41, 5.74) is 2.64. The second-order valence-electron chi connectivity index (χ2n) is 7.02. The van der Waals surface area contributed by atoms with Crippen LogP contribution in [0.3, 0.4) is 0 Å². The normalized spacial score (nSPS) is 10.6. The summed E-state index contributed by atoms with van der Waals surface area (Å²) < 4.78 is 16.6. The maximum atomic E-state index is 12.5. The lowest BCUT2D eigenvalue weighted by atomic mass is 10.1. The molecule has 1 amide bonds. The van der Waals surface area contributed by atoms with E-state index in [0.29, 0.717) is 33.9 Å². The number of amides is 1. The van der Waals surface area contributed by atoms with Gasteiger partial charge >= 0.3 is 0 Å². The molecule has 0 fully saturated rings. The Balaban J connectivity index is 1.46. The number of benzene rings is 3. The van der Waals surface area contributed by atoms with Crippen LogP contribution in [-0.2, 0) is 4.79 Å². The zero-order chi connectivity index (χ0) is 21.8. The summed E-state index contributed by atoms with van der Waals surface area (Å²) >= 11 is 0. The predicted octanol–water partition coefficient (Wildman–Crippen LogP) is 4.79. The maximum Gasteiger partial charge on any atom is 0.262 e. The lowest BCUT2D eigenvalue weighted by Gasteiger charge is -2.10. The fourth-order valence-corrected chi connectivity index (χ4v) is 3.18. The SMILES string of the molecule is COc1ccc2oc(-c3ccc(NC(=O)COc4ccccc4C)cc3)cc(=O)c2c1. The Morgan fingerprint density at radius 2 is 1.77 bits per heavy atom. The van der Waals surface area contributed by atoms with Crippen LogP contribution in [0.4, 0.5) is 5.69 Å². The molecule has 156 valence electrons. The van der Waals surface area contributed by atoms with E-state index < -0.39 is 0 Å². The highest BCUT2D eigenvalue weighted by Crippen LogP contribution is 2.25. The highest BCUT2D eigenvalue weighted by Gasteiger charge is 2.09. The smallest absolute Gasteiger partial charge is 0.262 e. The van der Waals surface area contributed by atoms with Gasteiger partial charge in [0, 0.05) is 17.3 Å². The topological polar surface area (TPSA) is 77.8 Å². The van der Waals surface area contributed by atoms with Crippen LogP contribution in [0.2, 0.25) is 0 Å². The Labute approximate surface area is 179 Å². The van der Waals surface area contributed by atoms with E-state index in [9.17, 15) is 9.59 Å². The number of hydrogen-bond acceptors (Lipinski definition) is 5. The van der Waals surface area contributed by atoms with Gasteiger partial charge in [0.25, 0.3) is 5.91 Å². The van der Waals surface area contributed by atoms with E-state index in [1.165, 1.54) is 6.07 Å². The van der Waals surface area contributed by atoms with Crippen LogP contribution in [0.25, 0.3) is 22.3 Å². The molecule has 3 aromatic carbocycles. The molecule has 0 spiro atoms. The van der Waals surface area contributed by atoms with Crippen molar-refractivity contribution in [1.82, 2.24) is 0 Å². The Hall–Kier alpha value is -4.06. The van der Waals surface area contributed by atoms with Crippen molar-refractivity contribution in [1.29, 1.82) is 0 Å². The Bertz CT molecular complexity index is 1290. The molecule has 6 heteroatoms. The number of para-hydroxylation sites is 1. The summed E-state index contributed by atoms with van der Waals surface area (Å²) in [7, 11) is 1.55. The number of rotatable bonds is 6. The number of carbonyl (C=O) groups is 1. The number of aryl methyl sites for hydroxylation is 1. The van der Waals surface area contributed by atoms with Crippen molar-refractivity contribution >= 4 is 22.6 Å². The van der Waals surface area contributed by atoms with Gasteiger partial charge < -0.3 is 19.2 Å². The fraction of sp³-hybridized carbons (Fsp3) is 0.120. The second-order valence-corrected chi connectivity index (χ2v) is 7.02. The molecular weight excluding hydrogens is 394 g/mol. The first-order valence-electron chi connectivity index (χ1n) is 9.74. The van der Waals surface area contributed by atoms with Crippen molar-refractivity contribution < 1.29 is 18.7 Å². The molecule has 0 unspecified atom stereocenters. The number of nitrogens with one attached hydrogen (secondary N) is 1. The van der Waals surface area contributed by atoms with Crippen molar-refractivity contribution in [3.05, 3.63) is 88.6 Å². The third-order valence-electron chi connectivity index (χ3n) is 4.84. The van der Waals surface area contributed by atoms with Crippen LogP contribution in [0.15, 0.2) is 82.0 Å². The molecule has 0 aliphatic rings. The molecule has 0 aliphatic carbocycles. The van der Waals surface area contributed by atoms with Gasteiger partial charge in [-0.2, -0.15) is 0 Å². The largest absolute Gasteiger partial charge is 0.497 e. The van der Waals surface area contributed by atoms with E-state index in [1.807, 2.05) is 31.2 Å². The highest BCUT2D eigenvalue weighted by molar-refractivity contribution is 5.92. The van der Waals surface area contributed by atoms with Crippen molar-refractivity contribution in [3.8, 4) is 22.8 Å². The number of methoxy groups -OCH3 is 1. The first-order valence-corrected chi connectivity index (χ1v) is 9.74. The zero-order valence-corrected chi connectivity index (χ0v) is 17.2. The quantitative estimate of drug-likeness (QED) is 0.490. The first-order chi connectivity index (χ1) is 15.0. The van der Waals surface area contributed by atoms with Crippen LogP contribution in [-0.4, -0.2) is 19.6 Å². The number of ether oxygens (including phenoxy) is 2. The molecule has 4 aromatic rings. The summed E-state index contributed by atoms with van der Waals surface area (Å²) in [4.78, 5) is 24.7. The van der Waals surface area contributed by atoms with Crippen LogP contribution in [0.1, 0.15) is 5.56 Å². The van der Waals surface area contributed by atoms with Gasteiger partial charge in [0.15, 0.2) is 12.0 Å². The van der Waals surface area contributed by atoms with Crippen molar-refractivity contribution in [2.75, 3.05) is 19.0 Å². The first kappa shape index (κ1) is 20.2. The minimum atomic E-state index is -0.262. The highest BCUT2D eigenvalue weighted by atomic mass is 16.5. The summed E-state index contributed by atoms with van der Waals surface area (Å²) in [5, 5.41) is 3.25. The van der Waals surface area contributed by atoms with E-state index in [4.69, 9.17) is 13.9 Å². The number of carbonyl (C=O) groups excluding carboxylic acids is 1. The standard InChI is InChI=1S/C25H21NO5/c1-16-5-3-4-6-22(16)30-15-25(28)26-18-9-7-17(8-10-18)24-14-21(27)20-13-19(29-2)11-12-23(20)31-24/h3-14H,15H2,1-2H3,(H,26,28). The zero-order valence-electron chi connectivity index (χ0n) is 17.2. The second kappa shape index (κ2) is 8.75. The van der Waals surface area contributed by atoms with Crippen LogP contribution in [0, 0.1) is 6.92 Å². The van der Waals surface area contributed by atoms with Crippen molar-refractivity contribution in [3.63, 3.8) is 0 Å². The van der Waals surface area contributed by atoms with E-state index in [-0.39, 0.29) is 17.9 Å². The van der Waals surface area contributed by atoms with Gasteiger partial charge in [-0.05, 0) is 61.0 Å². The Morgan fingerprint density at radius 1 is 1.00 bits per heavy atom. The van der Waals surface area contributed by atoms with Crippen LogP contribution < -0.4 is 20.2 Å². The van der Waals surface area contributed by atoms with Crippen molar-refractivity contribution in [2.24, 2.45) is 0 Å². The molecule has 0 aliphatic heterocycles. The van der Waals surface area contributed by atoms with Crippen molar-refractivity contribution in [2.45, 2.75) is 6.92 Å². The number of hydrogen-bond donors (Lipinski definition) is 1. The lowest BCUT2D eigenvalue weighted by Crippen LogP contribution is -2.20. The Kier molecular flexibility index (Phi) is 5.71. The fourth-order valence-electron chi connectivity index (χ4n) is 3.18. The number of anilines is 1. The van der Waals surface area contributed by atoms with E-state index in [1.54, 1.807) is 49.6 Å². The molecule has 31 heavy (non-hydrogen) atoms.